The summed E-state index contributed by atoms with van der Waals surface area (Å²) in [5.74, 6) is 1.52. The molecule has 0 fully saturated rings. The highest BCUT2D eigenvalue weighted by Gasteiger charge is 2.04. The van der Waals surface area contributed by atoms with Crippen molar-refractivity contribution in [2.75, 3.05) is 30.8 Å². The summed E-state index contributed by atoms with van der Waals surface area (Å²) in [6.45, 7) is 3.37. The van der Waals surface area contributed by atoms with Gasteiger partial charge in [-0.2, -0.15) is 0 Å². The third-order valence-corrected chi connectivity index (χ3v) is 3.71. The molecular formula is C16H19N3O3S. The fraction of sp³-hybridized carbons (Fsp3) is 0.312. The molecule has 0 atom stereocenters. The quantitative estimate of drug-likeness (QED) is 0.429. The van der Waals surface area contributed by atoms with E-state index < -0.39 is 0 Å². The largest absolute Gasteiger partial charge is 0.494 e. The highest BCUT2D eigenvalue weighted by molar-refractivity contribution is 8.00. The number of carbonyl (C=O) groups excluding carboxylic acids is 1. The number of nitrogens with one attached hydrogen (secondary N) is 1. The van der Waals surface area contributed by atoms with E-state index in [1.54, 1.807) is 18.6 Å². The molecule has 2 rings (SSSR count). The molecule has 0 aliphatic rings. The molecule has 2 aromatic rings. The van der Waals surface area contributed by atoms with Gasteiger partial charge in [-0.25, -0.2) is 4.98 Å². The van der Waals surface area contributed by atoms with E-state index >= 15 is 0 Å². The molecule has 0 spiro atoms. The van der Waals surface area contributed by atoms with Crippen molar-refractivity contribution in [3.63, 3.8) is 0 Å². The van der Waals surface area contributed by atoms with Crippen LogP contribution in [0.1, 0.15) is 6.92 Å². The van der Waals surface area contributed by atoms with Gasteiger partial charge in [0.15, 0.2) is 0 Å². The summed E-state index contributed by atoms with van der Waals surface area (Å²) in [4.78, 5) is 20.7. The molecule has 122 valence electrons. The minimum Gasteiger partial charge on any atom is -0.494 e. The van der Waals surface area contributed by atoms with Gasteiger partial charge in [0.1, 0.15) is 18.2 Å². The van der Waals surface area contributed by atoms with Gasteiger partial charge in [-0.3, -0.25) is 9.78 Å². The van der Waals surface area contributed by atoms with Gasteiger partial charge in [0.25, 0.3) is 0 Å². The second-order valence-electron chi connectivity index (χ2n) is 4.43. The number of hydrogen-bond acceptors (Lipinski definition) is 7. The van der Waals surface area contributed by atoms with Gasteiger partial charge in [0, 0.05) is 17.3 Å². The zero-order chi connectivity index (χ0) is 16.3. The van der Waals surface area contributed by atoms with E-state index in [0.717, 1.165) is 10.6 Å². The van der Waals surface area contributed by atoms with Crippen molar-refractivity contribution >= 4 is 23.5 Å². The van der Waals surface area contributed by atoms with Crippen molar-refractivity contribution in [1.82, 2.24) is 9.97 Å². The van der Waals surface area contributed by atoms with E-state index in [2.05, 4.69) is 15.3 Å². The Morgan fingerprint density at radius 1 is 1.26 bits per heavy atom. The summed E-state index contributed by atoms with van der Waals surface area (Å²) in [6, 6.07) is 7.64. The van der Waals surface area contributed by atoms with Gasteiger partial charge < -0.3 is 14.8 Å². The summed E-state index contributed by atoms with van der Waals surface area (Å²) in [7, 11) is 0. The molecule has 1 aromatic carbocycles. The highest BCUT2D eigenvalue weighted by atomic mass is 32.2. The molecule has 7 heteroatoms. The first-order chi connectivity index (χ1) is 11.3. The summed E-state index contributed by atoms with van der Waals surface area (Å²) in [5, 5.41) is 3.02. The van der Waals surface area contributed by atoms with Gasteiger partial charge in [0.05, 0.1) is 25.1 Å². The minimum atomic E-state index is -0.246. The lowest BCUT2D eigenvalue weighted by molar-refractivity contribution is -0.139. The molecule has 0 bridgehead atoms. The van der Waals surface area contributed by atoms with E-state index in [1.165, 1.54) is 11.8 Å². The molecule has 0 amide bonds. The Hall–Kier alpha value is -2.28. The second-order valence-corrected chi connectivity index (χ2v) is 5.48. The Bertz CT molecular complexity index is 593. The number of esters is 1. The maximum absolute atomic E-state index is 11.7. The Balaban J connectivity index is 1.61. The maximum atomic E-state index is 11.7. The molecule has 0 unspecified atom stereocenters. The number of carbonyl (C=O) groups is 1. The van der Waals surface area contributed by atoms with Crippen molar-refractivity contribution in [2.24, 2.45) is 0 Å². The van der Waals surface area contributed by atoms with Crippen LogP contribution in [0.4, 0.5) is 5.82 Å². The number of nitrogens with zero attached hydrogens (tertiary/aromatic N) is 2. The van der Waals surface area contributed by atoms with Crippen LogP contribution >= 0.6 is 11.8 Å². The molecule has 1 heterocycles. The summed E-state index contributed by atoms with van der Waals surface area (Å²) < 4.78 is 10.5. The number of benzene rings is 1. The van der Waals surface area contributed by atoms with Crippen LogP contribution in [-0.2, 0) is 9.53 Å². The third-order valence-electron chi connectivity index (χ3n) is 2.73. The van der Waals surface area contributed by atoms with E-state index in [1.807, 2.05) is 31.2 Å². The predicted molar refractivity (Wildman–Crippen MR) is 89.8 cm³/mol. The topological polar surface area (TPSA) is 73.3 Å². The first kappa shape index (κ1) is 17.1. The molecule has 0 aliphatic heterocycles. The summed E-state index contributed by atoms with van der Waals surface area (Å²) in [6.07, 6.45) is 4.81. The van der Waals surface area contributed by atoms with Crippen LogP contribution in [0.3, 0.4) is 0 Å². The Labute approximate surface area is 139 Å². The lowest BCUT2D eigenvalue weighted by Crippen LogP contribution is -2.15. The molecule has 6 nitrogen and oxygen atoms in total. The zero-order valence-corrected chi connectivity index (χ0v) is 13.7. The molecule has 0 radical (unpaired) electrons. The fourth-order valence-corrected chi connectivity index (χ4v) is 2.41. The molecule has 1 N–H and O–H groups in total. The van der Waals surface area contributed by atoms with Crippen molar-refractivity contribution in [2.45, 2.75) is 11.8 Å². The minimum absolute atomic E-state index is 0.246. The van der Waals surface area contributed by atoms with Crippen LogP contribution in [0.25, 0.3) is 0 Å². The predicted octanol–water partition coefficient (Wildman–Crippen LogP) is 2.62. The standard InChI is InChI=1S/C16H19N3O3S/c1-2-21-13-3-5-14(6-4-13)23-12-16(20)22-10-9-19-15-11-17-7-8-18-15/h3-8,11H,2,9-10,12H2,1H3,(H,18,19). The van der Waals surface area contributed by atoms with Crippen LogP contribution in [0.15, 0.2) is 47.8 Å². The third kappa shape index (κ3) is 6.56. The van der Waals surface area contributed by atoms with Crippen molar-refractivity contribution in [3.8, 4) is 5.75 Å². The van der Waals surface area contributed by atoms with E-state index in [0.29, 0.717) is 25.6 Å². The number of thioether (sulfide) groups is 1. The van der Waals surface area contributed by atoms with Crippen molar-refractivity contribution < 1.29 is 14.3 Å². The number of anilines is 1. The van der Waals surface area contributed by atoms with Crippen LogP contribution in [0, 0.1) is 0 Å². The number of ether oxygens (including phenoxy) is 2. The van der Waals surface area contributed by atoms with Gasteiger partial charge in [-0.1, -0.05) is 0 Å². The molecule has 0 aliphatic carbocycles. The highest BCUT2D eigenvalue weighted by Crippen LogP contribution is 2.21. The molecular weight excluding hydrogens is 314 g/mol. The Morgan fingerprint density at radius 2 is 2.09 bits per heavy atom. The molecule has 0 saturated heterocycles. The van der Waals surface area contributed by atoms with Gasteiger partial charge in [0.2, 0.25) is 0 Å². The molecule has 1 aromatic heterocycles. The lowest BCUT2D eigenvalue weighted by Gasteiger charge is -2.07. The average molecular weight is 333 g/mol. The normalized spacial score (nSPS) is 10.1. The zero-order valence-electron chi connectivity index (χ0n) is 12.9. The van der Waals surface area contributed by atoms with Gasteiger partial charge in [-0.15, -0.1) is 11.8 Å². The number of rotatable bonds is 9. The first-order valence-electron chi connectivity index (χ1n) is 7.29. The maximum Gasteiger partial charge on any atom is 0.316 e. The fourth-order valence-electron chi connectivity index (χ4n) is 1.72. The smallest absolute Gasteiger partial charge is 0.316 e. The van der Waals surface area contributed by atoms with Crippen LogP contribution in [0.2, 0.25) is 0 Å². The Morgan fingerprint density at radius 3 is 2.78 bits per heavy atom. The lowest BCUT2D eigenvalue weighted by atomic mass is 10.3. The monoisotopic (exact) mass is 333 g/mol. The Kier molecular flexibility index (Phi) is 7.19. The molecule has 0 saturated carbocycles. The first-order valence-corrected chi connectivity index (χ1v) is 8.27. The average Bonchev–Trinajstić information content (AvgIpc) is 2.59. The molecule has 23 heavy (non-hydrogen) atoms. The van der Waals surface area contributed by atoms with E-state index in [4.69, 9.17) is 9.47 Å². The van der Waals surface area contributed by atoms with E-state index in [-0.39, 0.29) is 11.7 Å². The van der Waals surface area contributed by atoms with Gasteiger partial charge >= 0.3 is 5.97 Å². The van der Waals surface area contributed by atoms with Crippen LogP contribution in [0.5, 0.6) is 5.75 Å². The number of hydrogen-bond donors (Lipinski definition) is 1. The van der Waals surface area contributed by atoms with Crippen molar-refractivity contribution in [1.29, 1.82) is 0 Å². The SMILES string of the molecule is CCOc1ccc(SCC(=O)OCCNc2cnccn2)cc1. The van der Waals surface area contributed by atoms with E-state index in [9.17, 15) is 4.79 Å². The summed E-state index contributed by atoms with van der Waals surface area (Å²) in [5.41, 5.74) is 0. The number of aromatic nitrogens is 2. The summed E-state index contributed by atoms with van der Waals surface area (Å²) >= 11 is 1.44. The van der Waals surface area contributed by atoms with Crippen molar-refractivity contribution in [3.05, 3.63) is 42.9 Å². The van der Waals surface area contributed by atoms with Crippen LogP contribution < -0.4 is 10.1 Å². The van der Waals surface area contributed by atoms with Crippen LogP contribution in [-0.4, -0.2) is 41.4 Å². The second kappa shape index (κ2) is 9.68. The van der Waals surface area contributed by atoms with Gasteiger partial charge in [-0.05, 0) is 31.2 Å².